The summed E-state index contributed by atoms with van der Waals surface area (Å²) in [5, 5.41) is 3.73. The van der Waals surface area contributed by atoms with Crippen molar-refractivity contribution in [3.8, 4) is 11.5 Å². The van der Waals surface area contributed by atoms with Gasteiger partial charge in [-0.1, -0.05) is 19.9 Å². The maximum Gasteiger partial charge on any atom is 0.160 e. The molecule has 1 aromatic rings. The van der Waals surface area contributed by atoms with Gasteiger partial charge in [-0.05, 0) is 56.1 Å². The zero-order valence-corrected chi connectivity index (χ0v) is 14.4. The molecule has 0 radical (unpaired) electrons. The third kappa shape index (κ3) is 4.37. The summed E-state index contributed by atoms with van der Waals surface area (Å²) < 4.78 is 10.6. The minimum Gasteiger partial charge on any atom is -0.493 e. The molecule has 0 bridgehead atoms. The molecule has 0 spiro atoms. The van der Waals surface area contributed by atoms with Crippen LogP contribution < -0.4 is 14.8 Å². The van der Waals surface area contributed by atoms with Crippen LogP contribution in [0.2, 0.25) is 0 Å². The van der Waals surface area contributed by atoms with E-state index in [2.05, 4.69) is 36.2 Å². The molecule has 1 aliphatic rings. The topological polar surface area (TPSA) is 33.7 Å². The number of rotatable bonds is 7. The SMILES string of the molecule is CCN1CC[C@H](NCCc2ccc(OC)c(OC)c2)[C@H](C)C1. The average molecular weight is 306 g/mol. The van der Waals surface area contributed by atoms with E-state index in [-0.39, 0.29) is 0 Å². The number of methoxy groups -OCH3 is 2. The smallest absolute Gasteiger partial charge is 0.160 e. The number of nitrogens with zero attached hydrogens (tertiary/aromatic N) is 1. The first-order chi connectivity index (χ1) is 10.7. The standard InChI is InChI=1S/C18H30N2O2/c1-5-20-11-9-16(14(2)13-20)19-10-8-15-6-7-17(21-3)18(12-15)22-4/h6-7,12,14,16,19H,5,8-11,13H2,1-4H3/t14-,16+/m1/s1. The predicted molar refractivity (Wildman–Crippen MR) is 90.9 cm³/mol. The molecule has 0 aliphatic carbocycles. The van der Waals surface area contributed by atoms with Crippen LogP contribution in [0, 0.1) is 5.92 Å². The Morgan fingerprint density at radius 1 is 1.23 bits per heavy atom. The highest BCUT2D eigenvalue weighted by molar-refractivity contribution is 5.42. The molecule has 0 amide bonds. The van der Waals surface area contributed by atoms with E-state index in [1.807, 2.05) is 6.07 Å². The van der Waals surface area contributed by atoms with Crippen LogP contribution in [0.15, 0.2) is 18.2 Å². The number of piperidine rings is 1. The minimum atomic E-state index is 0.642. The maximum absolute atomic E-state index is 5.36. The summed E-state index contributed by atoms with van der Waals surface area (Å²) in [6.07, 6.45) is 2.27. The fourth-order valence-electron chi connectivity index (χ4n) is 3.26. The van der Waals surface area contributed by atoms with E-state index in [0.29, 0.717) is 6.04 Å². The Balaban J connectivity index is 1.81. The van der Waals surface area contributed by atoms with E-state index in [1.165, 1.54) is 31.6 Å². The van der Waals surface area contributed by atoms with Crippen molar-refractivity contribution in [3.05, 3.63) is 23.8 Å². The molecule has 1 aliphatic heterocycles. The lowest BCUT2D eigenvalue weighted by Gasteiger charge is -2.37. The zero-order valence-electron chi connectivity index (χ0n) is 14.4. The maximum atomic E-state index is 5.36. The number of benzene rings is 1. The summed E-state index contributed by atoms with van der Waals surface area (Å²) in [4.78, 5) is 2.54. The molecule has 0 saturated carbocycles. The molecule has 22 heavy (non-hydrogen) atoms. The second-order valence-corrected chi connectivity index (χ2v) is 6.16. The molecular weight excluding hydrogens is 276 g/mol. The molecule has 1 saturated heterocycles. The van der Waals surface area contributed by atoms with Crippen molar-refractivity contribution < 1.29 is 9.47 Å². The number of ether oxygens (including phenoxy) is 2. The molecular formula is C18H30N2O2. The number of hydrogen-bond donors (Lipinski definition) is 1. The fraction of sp³-hybridized carbons (Fsp3) is 0.667. The molecule has 1 aromatic carbocycles. The Morgan fingerprint density at radius 2 is 2.00 bits per heavy atom. The van der Waals surface area contributed by atoms with E-state index in [4.69, 9.17) is 9.47 Å². The van der Waals surface area contributed by atoms with Gasteiger partial charge in [-0.15, -0.1) is 0 Å². The van der Waals surface area contributed by atoms with Crippen molar-refractivity contribution in [2.45, 2.75) is 32.7 Å². The third-order valence-electron chi connectivity index (χ3n) is 4.70. The van der Waals surface area contributed by atoms with Crippen molar-refractivity contribution in [2.75, 3.05) is 40.4 Å². The lowest BCUT2D eigenvalue weighted by Crippen LogP contribution is -2.48. The second-order valence-electron chi connectivity index (χ2n) is 6.16. The van der Waals surface area contributed by atoms with E-state index in [1.54, 1.807) is 14.2 Å². The van der Waals surface area contributed by atoms with Crippen molar-refractivity contribution in [2.24, 2.45) is 5.92 Å². The predicted octanol–water partition coefficient (Wildman–Crippen LogP) is 2.57. The average Bonchev–Trinajstić information content (AvgIpc) is 2.56. The first-order valence-corrected chi connectivity index (χ1v) is 8.34. The zero-order chi connectivity index (χ0) is 15.9. The molecule has 2 atom stereocenters. The van der Waals surface area contributed by atoms with Gasteiger partial charge in [-0.2, -0.15) is 0 Å². The number of nitrogens with one attached hydrogen (secondary N) is 1. The normalized spacial score (nSPS) is 22.5. The Bertz CT molecular complexity index is 464. The first-order valence-electron chi connectivity index (χ1n) is 8.34. The van der Waals surface area contributed by atoms with Gasteiger partial charge in [0.25, 0.3) is 0 Å². The third-order valence-corrected chi connectivity index (χ3v) is 4.70. The Morgan fingerprint density at radius 3 is 2.64 bits per heavy atom. The highest BCUT2D eigenvalue weighted by Gasteiger charge is 2.24. The van der Waals surface area contributed by atoms with Crippen LogP contribution in [0.5, 0.6) is 11.5 Å². The quantitative estimate of drug-likeness (QED) is 0.839. The summed E-state index contributed by atoms with van der Waals surface area (Å²) in [5.74, 6) is 2.32. The summed E-state index contributed by atoms with van der Waals surface area (Å²) in [7, 11) is 3.35. The van der Waals surface area contributed by atoms with Gasteiger partial charge < -0.3 is 19.7 Å². The molecule has 1 N–H and O–H groups in total. The van der Waals surface area contributed by atoms with E-state index < -0.39 is 0 Å². The molecule has 4 heteroatoms. The fourth-order valence-corrected chi connectivity index (χ4v) is 3.26. The van der Waals surface area contributed by atoms with Crippen molar-refractivity contribution in [3.63, 3.8) is 0 Å². The van der Waals surface area contributed by atoms with Crippen molar-refractivity contribution >= 4 is 0 Å². The van der Waals surface area contributed by atoms with Crippen LogP contribution in [0.1, 0.15) is 25.8 Å². The van der Waals surface area contributed by atoms with Crippen LogP contribution in [-0.2, 0) is 6.42 Å². The van der Waals surface area contributed by atoms with E-state index in [0.717, 1.165) is 30.4 Å². The lowest BCUT2D eigenvalue weighted by atomic mass is 9.93. The van der Waals surface area contributed by atoms with Gasteiger partial charge in [0, 0.05) is 12.6 Å². The van der Waals surface area contributed by atoms with E-state index in [9.17, 15) is 0 Å². The summed E-state index contributed by atoms with van der Waals surface area (Å²) in [6, 6.07) is 6.81. The highest BCUT2D eigenvalue weighted by atomic mass is 16.5. The van der Waals surface area contributed by atoms with Crippen molar-refractivity contribution in [1.29, 1.82) is 0 Å². The molecule has 2 rings (SSSR count). The van der Waals surface area contributed by atoms with Crippen LogP contribution in [0.25, 0.3) is 0 Å². The van der Waals surface area contributed by atoms with E-state index >= 15 is 0 Å². The summed E-state index contributed by atoms with van der Waals surface area (Å²) in [5.41, 5.74) is 1.28. The lowest BCUT2D eigenvalue weighted by molar-refractivity contribution is 0.154. The number of hydrogen-bond acceptors (Lipinski definition) is 4. The van der Waals surface area contributed by atoms with Crippen LogP contribution in [-0.4, -0.2) is 51.3 Å². The molecule has 0 aromatic heterocycles. The van der Waals surface area contributed by atoms with Gasteiger partial charge >= 0.3 is 0 Å². The highest BCUT2D eigenvalue weighted by Crippen LogP contribution is 2.27. The summed E-state index contributed by atoms with van der Waals surface area (Å²) in [6.45, 7) is 9.21. The molecule has 0 unspecified atom stereocenters. The minimum absolute atomic E-state index is 0.642. The second kappa shape index (κ2) is 8.39. The largest absolute Gasteiger partial charge is 0.493 e. The van der Waals surface area contributed by atoms with Crippen LogP contribution >= 0.6 is 0 Å². The first kappa shape index (κ1) is 17.1. The molecule has 1 fully saturated rings. The molecule has 1 heterocycles. The Hall–Kier alpha value is -1.26. The molecule has 4 nitrogen and oxygen atoms in total. The Labute approximate surface area is 134 Å². The van der Waals surface area contributed by atoms with Crippen molar-refractivity contribution in [1.82, 2.24) is 10.2 Å². The van der Waals surface area contributed by atoms with Gasteiger partial charge in [0.05, 0.1) is 14.2 Å². The van der Waals surface area contributed by atoms with Crippen LogP contribution in [0.3, 0.4) is 0 Å². The number of likely N-dealkylation sites (tertiary alicyclic amines) is 1. The monoisotopic (exact) mass is 306 g/mol. The van der Waals surface area contributed by atoms with Crippen LogP contribution in [0.4, 0.5) is 0 Å². The van der Waals surface area contributed by atoms with Gasteiger partial charge in [-0.25, -0.2) is 0 Å². The van der Waals surface area contributed by atoms with Gasteiger partial charge in [0.1, 0.15) is 0 Å². The van der Waals surface area contributed by atoms with Gasteiger partial charge in [0.15, 0.2) is 11.5 Å². The summed E-state index contributed by atoms with van der Waals surface area (Å²) >= 11 is 0. The van der Waals surface area contributed by atoms with Gasteiger partial charge in [0.2, 0.25) is 0 Å². The van der Waals surface area contributed by atoms with Gasteiger partial charge in [-0.3, -0.25) is 0 Å². The molecule has 124 valence electrons. The Kier molecular flexibility index (Phi) is 6.52.